The smallest absolute Gasteiger partial charge is 0.239 e. The van der Waals surface area contributed by atoms with Crippen molar-refractivity contribution in [3.8, 4) is 5.88 Å². The van der Waals surface area contributed by atoms with E-state index in [0.717, 1.165) is 17.9 Å². The van der Waals surface area contributed by atoms with Gasteiger partial charge in [-0.3, -0.25) is 4.68 Å². The van der Waals surface area contributed by atoms with Gasteiger partial charge in [0, 0.05) is 25.4 Å². The van der Waals surface area contributed by atoms with Crippen LogP contribution in [0, 0.1) is 0 Å². The molecule has 2 heterocycles. The highest BCUT2D eigenvalue weighted by atomic mass is 16.5. The third kappa shape index (κ3) is 3.20. The number of pyridine rings is 1. The molecule has 0 aliphatic heterocycles. The van der Waals surface area contributed by atoms with Gasteiger partial charge in [0.15, 0.2) is 0 Å². The number of aryl methyl sites for hydroxylation is 2. The summed E-state index contributed by atoms with van der Waals surface area (Å²) in [6, 6.07) is 3.64. The first-order valence-electron chi connectivity index (χ1n) is 6.78. The number of nitrogens with one attached hydrogen (secondary N) is 1. The van der Waals surface area contributed by atoms with Gasteiger partial charge in [0.05, 0.1) is 18.0 Å². The molecule has 0 amide bonds. The van der Waals surface area contributed by atoms with Crippen LogP contribution in [-0.2, 0) is 20.0 Å². The average molecular weight is 275 g/mol. The zero-order valence-electron chi connectivity index (χ0n) is 12.2. The van der Waals surface area contributed by atoms with Crippen molar-refractivity contribution < 1.29 is 4.74 Å². The fourth-order valence-electron chi connectivity index (χ4n) is 2.02. The van der Waals surface area contributed by atoms with Gasteiger partial charge in [-0.05, 0) is 25.5 Å². The second kappa shape index (κ2) is 6.27. The Labute approximate surface area is 119 Å². The van der Waals surface area contributed by atoms with Crippen LogP contribution in [0.4, 0.5) is 11.5 Å². The summed E-state index contributed by atoms with van der Waals surface area (Å²) in [5.41, 5.74) is 8.62. The van der Waals surface area contributed by atoms with Crippen LogP contribution in [0.1, 0.15) is 25.1 Å². The van der Waals surface area contributed by atoms with E-state index in [9.17, 15) is 0 Å². The molecule has 6 nitrogen and oxygen atoms in total. The Morgan fingerprint density at radius 3 is 2.85 bits per heavy atom. The Kier molecular flexibility index (Phi) is 4.45. The molecule has 0 aliphatic rings. The highest BCUT2D eigenvalue weighted by molar-refractivity contribution is 5.53. The molecule has 0 aromatic carbocycles. The Morgan fingerprint density at radius 1 is 1.35 bits per heavy atom. The zero-order valence-corrected chi connectivity index (χ0v) is 12.2. The van der Waals surface area contributed by atoms with Crippen molar-refractivity contribution in [3.63, 3.8) is 0 Å². The van der Waals surface area contributed by atoms with Gasteiger partial charge in [-0.15, -0.1) is 0 Å². The van der Waals surface area contributed by atoms with Crippen LogP contribution in [0.3, 0.4) is 0 Å². The fraction of sp³-hybridized carbons (Fsp3) is 0.429. The summed E-state index contributed by atoms with van der Waals surface area (Å²) in [5, 5.41) is 7.69. The monoisotopic (exact) mass is 275 g/mol. The summed E-state index contributed by atoms with van der Waals surface area (Å²) < 4.78 is 7.22. The Morgan fingerprint density at radius 2 is 2.15 bits per heavy atom. The van der Waals surface area contributed by atoms with Crippen molar-refractivity contribution in [2.75, 3.05) is 17.7 Å². The highest BCUT2D eigenvalue weighted by Gasteiger charge is 2.07. The second-order valence-corrected chi connectivity index (χ2v) is 4.51. The van der Waals surface area contributed by atoms with Gasteiger partial charge >= 0.3 is 0 Å². The van der Waals surface area contributed by atoms with Gasteiger partial charge in [0.2, 0.25) is 5.88 Å². The molecule has 2 rings (SSSR count). The van der Waals surface area contributed by atoms with Crippen LogP contribution in [0.25, 0.3) is 0 Å². The van der Waals surface area contributed by atoms with Crippen molar-refractivity contribution in [1.82, 2.24) is 14.8 Å². The first-order valence-corrected chi connectivity index (χ1v) is 6.78. The number of hydrogen-bond acceptors (Lipinski definition) is 5. The van der Waals surface area contributed by atoms with Crippen molar-refractivity contribution in [3.05, 3.63) is 29.6 Å². The van der Waals surface area contributed by atoms with Crippen molar-refractivity contribution in [1.29, 1.82) is 0 Å². The highest BCUT2D eigenvalue weighted by Crippen LogP contribution is 2.21. The summed E-state index contributed by atoms with van der Waals surface area (Å²) >= 11 is 0. The average Bonchev–Trinajstić information content (AvgIpc) is 2.80. The van der Waals surface area contributed by atoms with E-state index in [4.69, 9.17) is 10.5 Å². The molecule has 20 heavy (non-hydrogen) atoms. The summed E-state index contributed by atoms with van der Waals surface area (Å²) in [7, 11) is 1.93. The normalized spacial score (nSPS) is 10.6. The summed E-state index contributed by atoms with van der Waals surface area (Å²) in [6.07, 6.45) is 2.93. The van der Waals surface area contributed by atoms with Gasteiger partial charge in [-0.1, -0.05) is 6.92 Å². The first-order chi connectivity index (χ1) is 9.63. The van der Waals surface area contributed by atoms with Crippen molar-refractivity contribution in [2.24, 2.45) is 7.05 Å². The molecule has 0 spiro atoms. The fourth-order valence-corrected chi connectivity index (χ4v) is 2.02. The summed E-state index contributed by atoms with van der Waals surface area (Å²) in [4.78, 5) is 4.35. The van der Waals surface area contributed by atoms with E-state index < -0.39 is 0 Å². The molecule has 0 saturated heterocycles. The van der Waals surface area contributed by atoms with Gasteiger partial charge < -0.3 is 15.8 Å². The molecule has 0 radical (unpaired) electrons. The minimum Gasteiger partial charge on any atom is -0.476 e. The van der Waals surface area contributed by atoms with Crippen LogP contribution in [0.15, 0.2) is 18.3 Å². The molecule has 3 N–H and O–H groups in total. The SMILES string of the molecule is CCOc1nc(NCc2cn(C)nc2CC)ccc1N. The van der Waals surface area contributed by atoms with E-state index in [1.807, 2.05) is 30.9 Å². The third-order valence-corrected chi connectivity index (χ3v) is 2.96. The Balaban J connectivity index is 2.08. The lowest BCUT2D eigenvalue weighted by molar-refractivity contribution is 0.329. The predicted octanol–water partition coefficient (Wildman–Crippen LogP) is 1.97. The molecule has 6 heteroatoms. The first kappa shape index (κ1) is 14.2. The second-order valence-electron chi connectivity index (χ2n) is 4.51. The predicted molar refractivity (Wildman–Crippen MR) is 79.7 cm³/mol. The van der Waals surface area contributed by atoms with Crippen molar-refractivity contribution >= 4 is 11.5 Å². The van der Waals surface area contributed by atoms with Crippen LogP contribution < -0.4 is 15.8 Å². The minimum absolute atomic E-state index is 0.472. The van der Waals surface area contributed by atoms with Gasteiger partial charge in [0.25, 0.3) is 0 Å². The lowest BCUT2D eigenvalue weighted by Gasteiger charge is -2.09. The lowest BCUT2D eigenvalue weighted by Crippen LogP contribution is -2.05. The van der Waals surface area contributed by atoms with E-state index in [2.05, 4.69) is 22.3 Å². The van der Waals surface area contributed by atoms with E-state index in [1.54, 1.807) is 6.07 Å². The number of nitrogen functional groups attached to an aromatic ring is 1. The summed E-state index contributed by atoms with van der Waals surface area (Å²) in [5.74, 6) is 1.22. The number of anilines is 2. The lowest BCUT2D eigenvalue weighted by atomic mass is 10.2. The summed E-state index contributed by atoms with van der Waals surface area (Å²) in [6.45, 7) is 5.23. The molecule has 0 atom stereocenters. The van der Waals surface area contributed by atoms with Crippen molar-refractivity contribution in [2.45, 2.75) is 26.8 Å². The quantitative estimate of drug-likeness (QED) is 0.842. The van der Waals surface area contributed by atoms with Crippen LogP contribution in [-0.4, -0.2) is 21.4 Å². The number of aromatic nitrogens is 3. The van der Waals surface area contributed by atoms with Gasteiger partial charge in [-0.2, -0.15) is 10.1 Å². The number of hydrogen-bond donors (Lipinski definition) is 2. The number of ether oxygens (including phenoxy) is 1. The number of nitrogens with zero attached hydrogens (tertiary/aromatic N) is 3. The molecule has 108 valence electrons. The standard InChI is InChI=1S/C14H21N5O/c1-4-12-10(9-19(3)18-12)8-16-13-7-6-11(15)14(17-13)20-5-2/h6-7,9H,4-5,8,15H2,1-3H3,(H,16,17). The van der Waals surface area contributed by atoms with Crippen LogP contribution in [0.5, 0.6) is 5.88 Å². The molecular formula is C14H21N5O. The molecular weight excluding hydrogens is 254 g/mol. The van der Waals surface area contributed by atoms with Crippen LogP contribution >= 0.6 is 0 Å². The third-order valence-electron chi connectivity index (χ3n) is 2.96. The van der Waals surface area contributed by atoms with Crippen LogP contribution in [0.2, 0.25) is 0 Å². The maximum atomic E-state index is 5.80. The number of nitrogens with two attached hydrogens (primary N) is 1. The van der Waals surface area contributed by atoms with E-state index in [1.165, 1.54) is 5.56 Å². The topological polar surface area (TPSA) is 78.0 Å². The van der Waals surface area contributed by atoms with E-state index >= 15 is 0 Å². The molecule has 2 aromatic heterocycles. The molecule has 0 saturated carbocycles. The molecule has 0 bridgehead atoms. The minimum atomic E-state index is 0.472. The Bertz CT molecular complexity index is 579. The van der Waals surface area contributed by atoms with E-state index in [-0.39, 0.29) is 0 Å². The Hall–Kier alpha value is -2.24. The number of rotatable bonds is 6. The zero-order chi connectivity index (χ0) is 14.5. The molecule has 0 fully saturated rings. The molecule has 0 aliphatic carbocycles. The maximum absolute atomic E-state index is 5.80. The van der Waals surface area contributed by atoms with E-state index in [0.29, 0.717) is 24.7 Å². The largest absolute Gasteiger partial charge is 0.476 e. The molecule has 0 unspecified atom stereocenters. The van der Waals surface area contributed by atoms with Gasteiger partial charge in [-0.25, -0.2) is 0 Å². The molecule has 2 aromatic rings. The maximum Gasteiger partial charge on any atom is 0.239 e. The van der Waals surface area contributed by atoms with Gasteiger partial charge in [0.1, 0.15) is 5.82 Å².